The Morgan fingerprint density at radius 2 is 1.73 bits per heavy atom. The average molecular weight is 456 g/mol. The van der Waals surface area contributed by atoms with Gasteiger partial charge in [-0.2, -0.15) is 0 Å². The second-order valence-corrected chi connectivity index (χ2v) is 7.65. The first-order chi connectivity index (χ1) is 16.0. The lowest BCUT2D eigenvalue weighted by molar-refractivity contribution is -0.134. The average Bonchev–Trinajstić information content (AvgIpc) is 3.12. The van der Waals surface area contributed by atoms with Crippen LogP contribution < -0.4 is 10.1 Å². The SMILES string of the molecule is COc1cccc(C(=O)N[C@@H](CO)C(=O)N2CCCN(C(=O)OCc3ccccc3)CC2)c1. The molecule has 1 atom stereocenters. The van der Waals surface area contributed by atoms with E-state index in [4.69, 9.17) is 9.47 Å². The maximum absolute atomic E-state index is 13.0. The molecule has 0 aliphatic carbocycles. The Kier molecular flexibility index (Phi) is 8.65. The number of aliphatic hydroxyl groups excluding tert-OH is 1. The van der Waals surface area contributed by atoms with E-state index in [0.717, 1.165) is 5.56 Å². The highest BCUT2D eigenvalue weighted by molar-refractivity contribution is 5.97. The zero-order chi connectivity index (χ0) is 23.6. The lowest BCUT2D eigenvalue weighted by atomic mass is 10.1. The number of benzene rings is 2. The van der Waals surface area contributed by atoms with Gasteiger partial charge in [0.15, 0.2) is 0 Å². The topological polar surface area (TPSA) is 108 Å². The Labute approximate surface area is 192 Å². The van der Waals surface area contributed by atoms with E-state index in [-0.39, 0.29) is 13.2 Å². The highest BCUT2D eigenvalue weighted by Gasteiger charge is 2.29. The second kappa shape index (κ2) is 11.9. The molecule has 2 N–H and O–H groups in total. The zero-order valence-electron chi connectivity index (χ0n) is 18.6. The third-order valence-corrected chi connectivity index (χ3v) is 5.39. The number of aliphatic hydroxyl groups is 1. The molecule has 0 spiro atoms. The third kappa shape index (κ3) is 6.69. The molecule has 0 unspecified atom stereocenters. The minimum Gasteiger partial charge on any atom is -0.497 e. The van der Waals surface area contributed by atoms with Crippen molar-refractivity contribution in [3.8, 4) is 5.75 Å². The number of carbonyl (C=O) groups excluding carboxylic acids is 3. The molecule has 1 saturated heterocycles. The summed E-state index contributed by atoms with van der Waals surface area (Å²) in [5.74, 6) is -0.364. The fourth-order valence-electron chi connectivity index (χ4n) is 3.54. The second-order valence-electron chi connectivity index (χ2n) is 7.65. The van der Waals surface area contributed by atoms with Crippen molar-refractivity contribution in [3.63, 3.8) is 0 Å². The molecule has 1 fully saturated rings. The summed E-state index contributed by atoms with van der Waals surface area (Å²) in [6.45, 7) is 1.10. The van der Waals surface area contributed by atoms with E-state index in [1.807, 2.05) is 30.3 Å². The molecule has 3 rings (SSSR count). The smallest absolute Gasteiger partial charge is 0.410 e. The molecule has 1 heterocycles. The molecule has 33 heavy (non-hydrogen) atoms. The largest absolute Gasteiger partial charge is 0.497 e. The number of hydrogen-bond donors (Lipinski definition) is 2. The Morgan fingerprint density at radius 3 is 2.45 bits per heavy atom. The summed E-state index contributed by atoms with van der Waals surface area (Å²) >= 11 is 0. The van der Waals surface area contributed by atoms with Crippen molar-refractivity contribution in [3.05, 3.63) is 65.7 Å². The van der Waals surface area contributed by atoms with Crippen LogP contribution in [0, 0.1) is 0 Å². The van der Waals surface area contributed by atoms with Gasteiger partial charge in [0, 0.05) is 31.7 Å². The van der Waals surface area contributed by atoms with Crippen molar-refractivity contribution in [2.24, 2.45) is 0 Å². The van der Waals surface area contributed by atoms with Crippen LogP contribution in [0.2, 0.25) is 0 Å². The van der Waals surface area contributed by atoms with Gasteiger partial charge in [0.2, 0.25) is 5.91 Å². The van der Waals surface area contributed by atoms with Crippen molar-refractivity contribution >= 4 is 17.9 Å². The highest BCUT2D eigenvalue weighted by atomic mass is 16.6. The third-order valence-electron chi connectivity index (χ3n) is 5.39. The van der Waals surface area contributed by atoms with E-state index in [0.29, 0.717) is 37.4 Å². The van der Waals surface area contributed by atoms with Gasteiger partial charge < -0.3 is 29.7 Å². The molecular weight excluding hydrogens is 426 g/mol. The zero-order valence-corrected chi connectivity index (χ0v) is 18.6. The summed E-state index contributed by atoms with van der Waals surface area (Å²) < 4.78 is 10.5. The number of nitrogens with one attached hydrogen (secondary N) is 1. The van der Waals surface area contributed by atoms with Crippen molar-refractivity contribution in [1.82, 2.24) is 15.1 Å². The monoisotopic (exact) mass is 455 g/mol. The van der Waals surface area contributed by atoms with Crippen LogP contribution in [0.15, 0.2) is 54.6 Å². The lowest BCUT2D eigenvalue weighted by Gasteiger charge is -2.26. The van der Waals surface area contributed by atoms with E-state index in [1.54, 1.807) is 34.1 Å². The molecule has 1 aliphatic heterocycles. The quantitative estimate of drug-likeness (QED) is 0.657. The standard InChI is InChI=1S/C24H29N3O6/c1-32-20-10-5-9-19(15-20)22(29)25-21(16-28)23(30)26-11-6-12-27(14-13-26)24(31)33-17-18-7-3-2-4-8-18/h2-5,7-10,15,21,28H,6,11-14,16-17H2,1H3,(H,25,29)/t21-/m0/s1. The predicted octanol–water partition coefficient (Wildman–Crippen LogP) is 1.66. The summed E-state index contributed by atoms with van der Waals surface area (Å²) in [5.41, 5.74) is 1.22. The van der Waals surface area contributed by atoms with Gasteiger partial charge in [-0.15, -0.1) is 0 Å². The van der Waals surface area contributed by atoms with Gasteiger partial charge in [-0.05, 0) is 30.2 Å². The summed E-state index contributed by atoms with van der Waals surface area (Å²) in [6.07, 6.45) is 0.131. The first-order valence-electron chi connectivity index (χ1n) is 10.8. The number of carbonyl (C=O) groups is 3. The Balaban J connectivity index is 1.53. The normalized spacial score (nSPS) is 14.7. The number of rotatable bonds is 7. The van der Waals surface area contributed by atoms with Gasteiger partial charge in [0.05, 0.1) is 13.7 Å². The van der Waals surface area contributed by atoms with Crippen molar-refractivity contribution in [2.45, 2.75) is 19.1 Å². The highest BCUT2D eigenvalue weighted by Crippen LogP contribution is 2.13. The van der Waals surface area contributed by atoms with E-state index in [2.05, 4.69) is 5.32 Å². The van der Waals surface area contributed by atoms with Gasteiger partial charge in [0.1, 0.15) is 18.4 Å². The first kappa shape index (κ1) is 24.1. The number of nitrogens with zero attached hydrogens (tertiary/aromatic N) is 2. The number of amides is 3. The number of ether oxygens (including phenoxy) is 2. The Hall–Kier alpha value is -3.59. The summed E-state index contributed by atoms with van der Waals surface area (Å²) in [7, 11) is 1.50. The number of hydrogen-bond acceptors (Lipinski definition) is 6. The molecular formula is C24H29N3O6. The molecule has 2 aromatic rings. The molecule has 0 aromatic heterocycles. The molecule has 2 aromatic carbocycles. The van der Waals surface area contributed by atoms with E-state index < -0.39 is 30.6 Å². The van der Waals surface area contributed by atoms with Crippen LogP contribution in [0.4, 0.5) is 4.79 Å². The maximum atomic E-state index is 13.0. The molecule has 176 valence electrons. The number of methoxy groups -OCH3 is 1. The van der Waals surface area contributed by atoms with E-state index >= 15 is 0 Å². The van der Waals surface area contributed by atoms with Crippen LogP contribution >= 0.6 is 0 Å². The summed E-state index contributed by atoms with van der Waals surface area (Å²) in [5, 5.41) is 12.3. The lowest BCUT2D eigenvalue weighted by Crippen LogP contribution is -2.51. The van der Waals surface area contributed by atoms with Crippen molar-refractivity contribution < 1.29 is 29.0 Å². The van der Waals surface area contributed by atoms with Gasteiger partial charge in [-0.25, -0.2) is 4.79 Å². The Morgan fingerprint density at radius 1 is 1.00 bits per heavy atom. The minimum atomic E-state index is -1.08. The fraction of sp³-hybridized carbons (Fsp3) is 0.375. The van der Waals surface area contributed by atoms with E-state index in [9.17, 15) is 19.5 Å². The van der Waals surface area contributed by atoms with E-state index in [1.165, 1.54) is 7.11 Å². The molecule has 0 saturated carbocycles. The molecule has 0 radical (unpaired) electrons. The maximum Gasteiger partial charge on any atom is 0.410 e. The molecule has 3 amide bonds. The summed E-state index contributed by atoms with van der Waals surface area (Å²) in [6, 6.07) is 14.9. The van der Waals surface area contributed by atoms with Gasteiger partial charge in [-0.1, -0.05) is 36.4 Å². The minimum absolute atomic E-state index is 0.182. The van der Waals surface area contributed by atoms with Crippen LogP contribution in [-0.4, -0.2) is 78.8 Å². The van der Waals surface area contributed by atoms with Crippen LogP contribution in [-0.2, 0) is 16.1 Å². The van der Waals surface area contributed by atoms with Crippen molar-refractivity contribution in [2.75, 3.05) is 39.9 Å². The van der Waals surface area contributed by atoms with Crippen LogP contribution in [0.3, 0.4) is 0 Å². The first-order valence-corrected chi connectivity index (χ1v) is 10.8. The van der Waals surface area contributed by atoms with Gasteiger partial charge >= 0.3 is 6.09 Å². The molecule has 9 nitrogen and oxygen atoms in total. The molecule has 1 aliphatic rings. The molecule has 9 heteroatoms. The van der Waals surface area contributed by atoms with Crippen LogP contribution in [0.5, 0.6) is 5.75 Å². The van der Waals surface area contributed by atoms with Gasteiger partial charge in [-0.3, -0.25) is 9.59 Å². The van der Waals surface area contributed by atoms with Crippen LogP contribution in [0.1, 0.15) is 22.3 Å². The van der Waals surface area contributed by atoms with Crippen LogP contribution in [0.25, 0.3) is 0 Å². The molecule has 0 bridgehead atoms. The van der Waals surface area contributed by atoms with Crippen molar-refractivity contribution in [1.29, 1.82) is 0 Å². The van der Waals surface area contributed by atoms with Gasteiger partial charge in [0.25, 0.3) is 5.91 Å². The fourth-order valence-corrected chi connectivity index (χ4v) is 3.54. The Bertz CT molecular complexity index is 952. The predicted molar refractivity (Wildman–Crippen MR) is 121 cm³/mol. The summed E-state index contributed by atoms with van der Waals surface area (Å²) in [4.78, 5) is 41.1.